The smallest absolute Gasteiger partial charge is 0.424 e. The maximum atomic E-state index is 13.0. The zero-order valence-corrected chi connectivity index (χ0v) is 15.5. The zero-order valence-electron chi connectivity index (χ0n) is 15.5. The van der Waals surface area contributed by atoms with E-state index in [-0.39, 0.29) is 5.69 Å². The summed E-state index contributed by atoms with van der Waals surface area (Å²) >= 11 is 0. The Kier molecular flexibility index (Phi) is 5.85. The predicted octanol–water partition coefficient (Wildman–Crippen LogP) is 4.96. The van der Waals surface area contributed by atoms with E-state index in [0.717, 1.165) is 6.07 Å². The molecule has 0 aliphatic carbocycles. The highest BCUT2D eigenvalue weighted by Gasteiger charge is 2.36. The summed E-state index contributed by atoms with van der Waals surface area (Å²) < 4.78 is 49.4. The average Bonchev–Trinajstić information content (AvgIpc) is 2.32. The van der Waals surface area contributed by atoms with Gasteiger partial charge in [0.2, 0.25) is 0 Å². The third kappa shape index (κ3) is 6.45. The quantitative estimate of drug-likeness (QED) is 0.700. The van der Waals surface area contributed by atoms with Gasteiger partial charge in [-0.15, -0.1) is 0 Å². The number of imide groups is 1. The molecule has 9 heteroatoms. The first-order valence-corrected chi connectivity index (χ1v) is 7.73. The number of nitrogen functional groups attached to an aromatic ring is 1. The summed E-state index contributed by atoms with van der Waals surface area (Å²) in [6.45, 7) is 9.33. The monoisotopic (exact) mass is 376 g/mol. The number of benzene rings is 1. The molecule has 0 unspecified atom stereocenters. The second kappa shape index (κ2) is 7.05. The molecule has 0 saturated carbocycles. The van der Waals surface area contributed by atoms with E-state index < -0.39 is 40.8 Å². The number of rotatable bonds is 1. The number of nitrogens with two attached hydrogens (primary N) is 1. The second-order valence-electron chi connectivity index (χ2n) is 7.61. The summed E-state index contributed by atoms with van der Waals surface area (Å²) in [6.07, 6.45) is -7.06. The van der Waals surface area contributed by atoms with E-state index in [1.54, 1.807) is 41.5 Å². The van der Waals surface area contributed by atoms with Gasteiger partial charge >= 0.3 is 18.4 Å². The Morgan fingerprint density at radius 2 is 1.31 bits per heavy atom. The van der Waals surface area contributed by atoms with Gasteiger partial charge in [-0.3, -0.25) is 0 Å². The van der Waals surface area contributed by atoms with Crippen LogP contribution in [0.3, 0.4) is 0 Å². The van der Waals surface area contributed by atoms with Gasteiger partial charge in [-0.1, -0.05) is 0 Å². The maximum Gasteiger partial charge on any atom is 0.424 e. The van der Waals surface area contributed by atoms with E-state index >= 15 is 0 Å². The number of ether oxygens (including phenoxy) is 2. The predicted molar refractivity (Wildman–Crippen MR) is 90.8 cm³/mol. The molecule has 1 aromatic rings. The largest absolute Gasteiger partial charge is 0.443 e. The van der Waals surface area contributed by atoms with Gasteiger partial charge in [0.25, 0.3) is 0 Å². The number of hydrogen-bond donors (Lipinski definition) is 1. The van der Waals surface area contributed by atoms with E-state index in [2.05, 4.69) is 0 Å². The Morgan fingerprint density at radius 3 is 1.65 bits per heavy atom. The molecule has 0 heterocycles. The van der Waals surface area contributed by atoms with Gasteiger partial charge in [-0.05, 0) is 59.7 Å². The van der Waals surface area contributed by atoms with Crippen molar-refractivity contribution in [3.05, 3.63) is 23.8 Å². The summed E-state index contributed by atoms with van der Waals surface area (Å²) in [7, 11) is 0. The van der Waals surface area contributed by atoms with Gasteiger partial charge < -0.3 is 15.2 Å². The molecular weight excluding hydrogens is 353 g/mol. The molecule has 146 valence electrons. The Morgan fingerprint density at radius 1 is 0.885 bits per heavy atom. The lowest BCUT2D eigenvalue weighted by Crippen LogP contribution is -2.44. The van der Waals surface area contributed by atoms with Crippen LogP contribution in [0, 0.1) is 0 Å². The fourth-order valence-corrected chi connectivity index (χ4v) is 1.83. The number of nitrogens with zero attached hydrogens (tertiary/aromatic N) is 1. The second-order valence-corrected chi connectivity index (χ2v) is 7.61. The van der Waals surface area contributed by atoms with Gasteiger partial charge in [0.05, 0.1) is 11.3 Å². The van der Waals surface area contributed by atoms with Crippen molar-refractivity contribution in [3.8, 4) is 0 Å². The van der Waals surface area contributed by atoms with Crippen LogP contribution in [-0.2, 0) is 15.7 Å². The van der Waals surface area contributed by atoms with Crippen molar-refractivity contribution in [1.82, 2.24) is 0 Å². The van der Waals surface area contributed by atoms with E-state index in [1.165, 1.54) is 0 Å². The van der Waals surface area contributed by atoms with Crippen LogP contribution < -0.4 is 10.6 Å². The van der Waals surface area contributed by atoms with Gasteiger partial charge in [0, 0.05) is 5.69 Å². The molecule has 6 nitrogen and oxygen atoms in total. The van der Waals surface area contributed by atoms with Gasteiger partial charge in [0.15, 0.2) is 0 Å². The van der Waals surface area contributed by atoms with Crippen molar-refractivity contribution in [1.29, 1.82) is 0 Å². The lowest BCUT2D eigenvalue weighted by molar-refractivity contribution is -0.137. The molecule has 0 bridgehead atoms. The van der Waals surface area contributed by atoms with Crippen LogP contribution in [0.4, 0.5) is 34.1 Å². The van der Waals surface area contributed by atoms with Crippen LogP contribution in [-0.4, -0.2) is 23.4 Å². The molecule has 1 aromatic carbocycles. The first-order chi connectivity index (χ1) is 11.5. The van der Waals surface area contributed by atoms with Crippen molar-refractivity contribution in [3.63, 3.8) is 0 Å². The molecule has 0 radical (unpaired) electrons. The molecule has 0 aliphatic heterocycles. The van der Waals surface area contributed by atoms with Crippen LogP contribution in [0.5, 0.6) is 0 Å². The van der Waals surface area contributed by atoms with E-state index in [4.69, 9.17) is 15.2 Å². The van der Waals surface area contributed by atoms with Crippen molar-refractivity contribution in [2.24, 2.45) is 0 Å². The fraction of sp³-hybridized carbons (Fsp3) is 0.529. The summed E-state index contributed by atoms with van der Waals surface area (Å²) in [4.78, 5) is 25.3. The summed E-state index contributed by atoms with van der Waals surface area (Å²) in [6, 6.07) is 2.39. The number of alkyl halides is 3. The van der Waals surface area contributed by atoms with Crippen LogP contribution in [0.25, 0.3) is 0 Å². The van der Waals surface area contributed by atoms with Gasteiger partial charge in [-0.2, -0.15) is 18.1 Å². The van der Waals surface area contributed by atoms with Gasteiger partial charge in [0.1, 0.15) is 11.2 Å². The van der Waals surface area contributed by atoms with Crippen LogP contribution in [0.1, 0.15) is 47.1 Å². The molecule has 26 heavy (non-hydrogen) atoms. The van der Waals surface area contributed by atoms with Crippen LogP contribution in [0.15, 0.2) is 18.2 Å². The Labute approximate surface area is 150 Å². The number of carbonyl (C=O) groups excluding carboxylic acids is 2. The van der Waals surface area contributed by atoms with Crippen molar-refractivity contribution >= 4 is 23.6 Å². The minimum absolute atomic E-state index is 0.271. The molecule has 0 aliphatic rings. The minimum Gasteiger partial charge on any atom is -0.443 e. The van der Waals surface area contributed by atoms with E-state index in [0.29, 0.717) is 17.0 Å². The lowest BCUT2D eigenvalue weighted by Gasteiger charge is -2.29. The first kappa shape index (κ1) is 21.6. The minimum atomic E-state index is -4.71. The number of anilines is 2. The third-order valence-electron chi connectivity index (χ3n) is 2.68. The molecule has 0 atom stereocenters. The summed E-state index contributed by atoms with van der Waals surface area (Å²) in [5.41, 5.74) is 1.77. The lowest BCUT2D eigenvalue weighted by atomic mass is 10.1. The average molecular weight is 376 g/mol. The van der Waals surface area contributed by atoms with Crippen molar-refractivity contribution in [2.45, 2.75) is 58.9 Å². The molecule has 0 saturated heterocycles. The number of halogens is 3. The number of hydrogen-bond acceptors (Lipinski definition) is 5. The Bertz CT molecular complexity index is 661. The molecule has 2 N–H and O–H groups in total. The highest BCUT2D eigenvalue weighted by Crippen LogP contribution is 2.34. The first-order valence-electron chi connectivity index (χ1n) is 7.73. The normalized spacial score (nSPS) is 12.5. The number of amides is 2. The van der Waals surface area contributed by atoms with E-state index in [1.807, 2.05) is 0 Å². The third-order valence-corrected chi connectivity index (χ3v) is 2.68. The standard InChI is InChI=1S/C17H23F3N2O4/c1-15(2,3)25-13(23)22(14(24)26-16(4,5)6)12-8-10(17(18,19)20)7-11(21)9-12/h7-9H,21H2,1-6H3. The highest BCUT2D eigenvalue weighted by molar-refractivity contribution is 6.09. The summed E-state index contributed by atoms with van der Waals surface area (Å²) in [5.74, 6) is 0. The molecule has 0 spiro atoms. The zero-order chi connectivity index (χ0) is 20.5. The molecule has 0 fully saturated rings. The maximum absolute atomic E-state index is 13.0. The van der Waals surface area contributed by atoms with E-state index in [9.17, 15) is 22.8 Å². The summed E-state index contributed by atoms with van der Waals surface area (Å²) in [5, 5.41) is 0. The van der Waals surface area contributed by atoms with Gasteiger partial charge in [-0.25, -0.2) is 9.59 Å². The molecule has 0 aromatic heterocycles. The van der Waals surface area contributed by atoms with Crippen molar-refractivity contribution in [2.75, 3.05) is 10.6 Å². The van der Waals surface area contributed by atoms with Crippen molar-refractivity contribution < 1.29 is 32.2 Å². The highest BCUT2D eigenvalue weighted by atomic mass is 19.4. The topological polar surface area (TPSA) is 81.9 Å². The SMILES string of the molecule is CC(C)(C)OC(=O)N(C(=O)OC(C)(C)C)c1cc(N)cc(C(F)(F)F)c1. The van der Waals surface area contributed by atoms with Crippen LogP contribution in [0.2, 0.25) is 0 Å². The molecular formula is C17H23F3N2O4. The molecule has 1 rings (SSSR count). The fourth-order valence-electron chi connectivity index (χ4n) is 1.83. The Hall–Kier alpha value is -2.45. The van der Waals surface area contributed by atoms with Crippen LogP contribution >= 0.6 is 0 Å². The molecule has 2 amide bonds. The Balaban J connectivity index is 3.43. The number of carbonyl (C=O) groups is 2.